The van der Waals surface area contributed by atoms with Gasteiger partial charge in [-0.15, -0.1) is 0 Å². The van der Waals surface area contributed by atoms with Gasteiger partial charge in [-0.2, -0.15) is 0 Å². The zero-order valence-corrected chi connectivity index (χ0v) is 15.3. The van der Waals surface area contributed by atoms with Crippen LogP contribution in [0.1, 0.15) is 46.5 Å². The molecule has 0 saturated heterocycles. The zero-order valence-electron chi connectivity index (χ0n) is 15.3. The van der Waals surface area contributed by atoms with Gasteiger partial charge in [0.2, 0.25) is 5.91 Å². The minimum Gasteiger partial charge on any atom is -0.384 e. The van der Waals surface area contributed by atoms with E-state index in [-0.39, 0.29) is 28.8 Å². The van der Waals surface area contributed by atoms with E-state index in [1.54, 1.807) is 25.1 Å². The summed E-state index contributed by atoms with van der Waals surface area (Å²) in [5, 5.41) is 4.92. The molecule has 3 amide bonds. The predicted molar refractivity (Wildman–Crippen MR) is 101 cm³/mol. The molecule has 0 unspecified atom stereocenters. The molecule has 1 aliphatic heterocycles. The molecule has 0 radical (unpaired) electrons. The summed E-state index contributed by atoms with van der Waals surface area (Å²) in [6.45, 7) is 5.66. The van der Waals surface area contributed by atoms with Crippen molar-refractivity contribution >= 4 is 29.2 Å². The second kappa shape index (κ2) is 6.71. The third-order valence-corrected chi connectivity index (χ3v) is 4.28. The van der Waals surface area contributed by atoms with Crippen LogP contribution in [0.15, 0.2) is 29.1 Å². The standard InChI is InChI=1S/C19H20N4O4/c1-9(2)6-14(24)21-11-5-4-10(3)13(7-11)23-15(25)8-12-16(17(23)20)19(27)22-18(12)26/h4-5,7-9H,6,20H2,1-3H3,(H,21,24)(H,22,26,27). The number of aryl methyl sites for hydroxylation is 1. The van der Waals surface area contributed by atoms with Crippen molar-refractivity contribution in [3.8, 4) is 5.69 Å². The van der Waals surface area contributed by atoms with E-state index >= 15 is 0 Å². The predicted octanol–water partition coefficient (Wildman–Crippen LogP) is 1.60. The first-order chi connectivity index (χ1) is 12.7. The number of benzene rings is 1. The van der Waals surface area contributed by atoms with E-state index in [2.05, 4.69) is 10.6 Å². The van der Waals surface area contributed by atoms with Crippen LogP contribution < -0.4 is 21.9 Å². The van der Waals surface area contributed by atoms with Crippen molar-refractivity contribution in [3.05, 3.63) is 51.3 Å². The van der Waals surface area contributed by atoms with Crippen LogP contribution in [0.3, 0.4) is 0 Å². The van der Waals surface area contributed by atoms with Crippen molar-refractivity contribution in [3.63, 3.8) is 0 Å². The van der Waals surface area contributed by atoms with Crippen LogP contribution in [-0.4, -0.2) is 22.3 Å². The number of nitrogens with two attached hydrogens (primary N) is 1. The summed E-state index contributed by atoms with van der Waals surface area (Å²) >= 11 is 0. The van der Waals surface area contributed by atoms with Crippen LogP contribution in [-0.2, 0) is 4.79 Å². The molecule has 0 bridgehead atoms. The highest BCUT2D eigenvalue weighted by Crippen LogP contribution is 2.26. The molecule has 3 rings (SSSR count). The van der Waals surface area contributed by atoms with Gasteiger partial charge in [-0.1, -0.05) is 19.9 Å². The summed E-state index contributed by atoms with van der Waals surface area (Å²) in [6, 6.07) is 6.17. The first-order valence-electron chi connectivity index (χ1n) is 8.51. The van der Waals surface area contributed by atoms with Crippen molar-refractivity contribution in [2.45, 2.75) is 27.2 Å². The third kappa shape index (κ3) is 3.33. The van der Waals surface area contributed by atoms with Crippen molar-refractivity contribution < 1.29 is 14.4 Å². The maximum atomic E-state index is 12.6. The fourth-order valence-corrected chi connectivity index (χ4v) is 3.04. The summed E-state index contributed by atoms with van der Waals surface area (Å²) in [7, 11) is 0. The largest absolute Gasteiger partial charge is 0.384 e. The first-order valence-corrected chi connectivity index (χ1v) is 8.51. The number of amides is 3. The quantitative estimate of drug-likeness (QED) is 0.707. The lowest BCUT2D eigenvalue weighted by Gasteiger charge is -2.16. The Morgan fingerprint density at radius 3 is 2.56 bits per heavy atom. The molecule has 0 atom stereocenters. The molecule has 2 heterocycles. The number of nitrogens with one attached hydrogen (secondary N) is 2. The van der Waals surface area contributed by atoms with E-state index in [1.165, 1.54) is 4.57 Å². The molecule has 0 saturated carbocycles. The van der Waals surface area contributed by atoms with Gasteiger partial charge in [0.15, 0.2) is 0 Å². The molecule has 140 valence electrons. The van der Waals surface area contributed by atoms with Gasteiger partial charge in [-0.3, -0.25) is 29.1 Å². The maximum absolute atomic E-state index is 12.6. The van der Waals surface area contributed by atoms with Crippen molar-refractivity contribution in [1.82, 2.24) is 9.88 Å². The van der Waals surface area contributed by atoms with E-state index in [1.807, 2.05) is 13.8 Å². The van der Waals surface area contributed by atoms with Gasteiger partial charge in [-0.05, 0) is 30.5 Å². The number of aromatic nitrogens is 1. The molecule has 2 aromatic rings. The van der Waals surface area contributed by atoms with Gasteiger partial charge in [0.05, 0.1) is 16.8 Å². The Bertz CT molecular complexity index is 1040. The highest BCUT2D eigenvalue weighted by Gasteiger charge is 2.32. The van der Waals surface area contributed by atoms with E-state index < -0.39 is 17.4 Å². The summed E-state index contributed by atoms with van der Waals surface area (Å²) in [5.74, 6) is -1.33. The average molecular weight is 368 g/mol. The maximum Gasteiger partial charge on any atom is 0.262 e. The number of fused-ring (bicyclic) bond motifs is 1. The van der Waals surface area contributed by atoms with Crippen molar-refractivity contribution in [2.24, 2.45) is 5.92 Å². The number of nitrogen functional groups attached to an aromatic ring is 1. The normalized spacial score (nSPS) is 12.9. The van der Waals surface area contributed by atoms with E-state index in [9.17, 15) is 19.2 Å². The zero-order chi connectivity index (χ0) is 19.9. The van der Waals surface area contributed by atoms with Crippen LogP contribution in [0.5, 0.6) is 0 Å². The average Bonchev–Trinajstić information content (AvgIpc) is 2.83. The second-order valence-electron chi connectivity index (χ2n) is 6.92. The van der Waals surface area contributed by atoms with Gasteiger partial charge in [0.1, 0.15) is 5.82 Å². The SMILES string of the molecule is Cc1ccc(NC(=O)CC(C)C)cc1-n1c(N)c2c(cc1=O)C(=O)NC2=O. The molecule has 27 heavy (non-hydrogen) atoms. The number of pyridine rings is 1. The van der Waals surface area contributed by atoms with E-state index in [0.29, 0.717) is 17.8 Å². The molecule has 8 heteroatoms. The van der Waals surface area contributed by atoms with Gasteiger partial charge in [0, 0.05) is 18.2 Å². The first kappa shape index (κ1) is 18.4. The molecule has 0 aliphatic carbocycles. The number of hydrogen-bond acceptors (Lipinski definition) is 5. The summed E-state index contributed by atoms with van der Waals surface area (Å²) in [5.41, 5.74) is 7.13. The Balaban J connectivity index is 2.10. The molecule has 1 aromatic carbocycles. The highest BCUT2D eigenvalue weighted by atomic mass is 16.2. The van der Waals surface area contributed by atoms with Gasteiger partial charge in [-0.25, -0.2) is 0 Å². The van der Waals surface area contributed by atoms with Crippen molar-refractivity contribution in [2.75, 3.05) is 11.1 Å². The highest BCUT2D eigenvalue weighted by molar-refractivity contribution is 6.23. The second-order valence-corrected chi connectivity index (χ2v) is 6.92. The number of anilines is 2. The lowest BCUT2D eigenvalue weighted by Crippen LogP contribution is -2.25. The monoisotopic (exact) mass is 368 g/mol. The number of nitrogens with zero attached hydrogens (tertiary/aromatic N) is 1. The molecule has 0 spiro atoms. The molecular formula is C19H20N4O4. The summed E-state index contributed by atoms with van der Waals surface area (Å²) in [6.07, 6.45) is 0.367. The van der Waals surface area contributed by atoms with Gasteiger partial charge in [0.25, 0.3) is 17.4 Å². The Morgan fingerprint density at radius 2 is 1.89 bits per heavy atom. The molecule has 4 N–H and O–H groups in total. The molecule has 1 aliphatic rings. The number of rotatable bonds is 4. The molecule has 0 fully saturated rings. The Labute approximate surface area is 155 Å². The Hall–Kier alpha value is -3.42. The minimum atomic E-state index is -0.641. The van der Waals surface area contributed by atoms with Crippen molar-refractivity contribution in [1.29, 1.82) is 0 Å². The van der Waals surface area contributed by atoms with Crippen LogP contribution in [0.2, 0.25) is 0 Å². The lowest BCUT2D eigenvalue weighted by molar-refractivity contribution is -0.116. The minimum absolute atomic E-state index is 0.0201. The molecule has 1 aromatic heterocycles. The number of carbonyl (C=O) groups is 3. The number of carbonyl (C=O) groups excluding carboxylic acids is 3. The van der Waals surface area contributed by atoms with Crippen LogP contribution in [0.4, 0.5) is 11.5 Å². The van der Waals surface area contributed by atoms with Crippen LogP contribution in [0, 0.1) is 12.8 Å². The van der Waals surface area contributed by atoms with E-state index in [4.69, 9.17) is 5.73 Å². The van der Waals surface area contributed by atoms with Crippen LogP contribution >= 0.6 is 0 Å². The topological polar surface area (TPSA) is 123 Å². The lowest BCUT2D eigenvalue weighted by atomic mass is 10.1. The number of hydrogen-bond donors (Lipinski definition) is 3. The fraction of sp³-hybridized carbons (Fsp3) is 0.263. The fourth-order valence-electron chi connectivity index (χ4n) is 3.04. The molecule has 8 nitrogen and oxygen atoms in total. The van der Waals surface area contributed by atoms with Crippen LogP contribution in [0.25, 0.3) is 5.69 Å². The smallest absolute Gasteiger partial charge is 0.262 e. The van der Waals surface area contributed by atoms with Gasteiger partial charge < -0.3 is 11.1 Å². The molecular weight excluding hydrogens is 348 g/mol. The Morgan fingerprint density at radius 1 is 1.19 bits per heavy atom. The third-order valence-electron chi connectivity index (χ3n) is 4.28. The summed E-state index contributed by atoms with van der Waals surface area (Å²) in [4.78, 5) is 48.4. The van der Waals surface area contributed by atoms with E-state index in [0.717, 1.165) is 11.6 Å². The summed E-state index contributed by atoms with van der Waals surface area (Å²) < 4.78 is 1.17. The van der Waals surface area contributed by atoms with Gasteiger partial charge >= 0.3 is 0 Å². The Kier molecular flexibility index (Phi) is 4.57. The number of imide groups is 1.